The maximum Gasteiger partial charge on any atom is 0.266 e. The third-order valence-electron chi connectivity index (χ3n) is 4.01. The Bertz CT molecular complexity index is 676. The van der Waals surface area contributed by atoms with E-state index in [-0.39, 0.29) is 5.91 Å². The maximum absolute atomic E-state index is 12.7. The first-order valence-corrected chi connectivity index (χ1v) is 7.74. The molecule has 116 valence electrons. The lowest BCUT2D eigenvalue weighted by Crippen LogP contribution is -2.54. The molecule has 1 aliphatic rings. The molecule has 0 spiro atoms. The summed E-state index contributed by atoms with van der Waals surface area (Å²) in [4.78, 5) is 14.5. The number of benzene rings is 2. The minimum Gasteiger partial charge on any atom is -0.478 e. The van der Waals surface area contributed by atoms with E-state index in [0.717, 1.165) is 37.3 Å². The molecule has 4 heteroatoms. The largest absolute Gasteiger partial charge is 0.478 e. The lowest BCUT2D eigenvalue weighted by Gasteiger charge is -2.34. The third kappa shape index (κ3) is 3.07. The van der Waals surface area contributed by atoms with Crippen LogP contribution in [0.4, 0.5) is 0 Å². The second-order valence-corrected chi connectivity index (χ2v) is 6.16. The summed E-state index contributed by atoms with van der Waals surface area (Å²) in [6.07, 6.45) is 0. The van der Waals surface area contributed by atoms with Crippen molar-refractivity contribution in [3.63, 3.8) is 0 Å². The van der Waals surface area contributed by atoms with E-state index in [1.54, 1.807) is 0 Å². The van der Waals surface area contributed by atoms with Crippen molar-refractivity contribution in [1.29, 1.82) is 0 Å². The van der Waals surface area contributed by atoms with Gasteiger partial charge in [0.05, 0.1) is 0 Å². The second-order valence-electron chi connectivity index (χ2n) is 6.16. The van der Waals surface area contributed by atoms with Gasteiger partial charge in [-0.3, -0.25) is 4.79 Å². The first kappa shape index (κ1) is 14.9. The number of ether oxygens (including phenoxy) is 1. The summed E-state index contributed by atoms with van der Waals surface area (Å²) in [5.74, 6) is 0.773. The van der Waals surface area contributed by atoms with Crippen molar-refractivity contribution in [2.24, 2.45) is 0 Å². The van der Waals surface area contributed by atoms with Gasteiger partial charge in [0.15, 0.2) is 5.60 Å². The first-order valence-electron chi connectivity index (χ1n) is 7.74. The number of rotatable bonds is 3. The van der Waals surface area contributed by atoms with Crippen molar-refractivity contribution in [3.05, 3.63) is 42.5 Å². The molecule has 0 aliphatic carbocycles. The van der Waals surface area contributed by atoms with Crippen LogP contribution in [0.1, 0.15) is 13.8 Å². The van der Waals surface area contributed by atoms with Gasteiger partial charge in [-0.2, -0.15) is 0 Å². The Morgan fingerprint density at radius 2 is 1.77 bits per heavy atom. The van der Waals surface area contributed by atoms with Crippen LogP contribution in [0.15, 0.2) is 42.5 Å². The Labute approximate surface area is 131 Å². The van der Waals surface area contributed by atoms with Gasteiger partial charge in [0.1, 0.15) is 5.75 Å². The van der Waals surface area contributed by atoms with Crippen LogP contribution in [0.3, 0.4) is 0 Å². The highest BCUT2D eigenvalue weighted by Crippen LogP contribution is 2.25. The highest BCUT2D eigenvalue weighted by molar-refractivity contribution is 5.86. The number of nitrogens with zero attached hydrogens (tertiary/aromatic N) is 1. The third-order valence-corrected chi connectivity index (χ3v) is 4.01. The molecule has 2 aromatic carbocycles. The van der Waals surface area contributed by atoms with Crippen LogP contribution in [-0.2, 0) is 4.79 Å². The van der Waals surface area contributed by atoms with Gasteiger partial charge in [-0.1, -0.05) is 30.3 Å². The number of carbonyl (C=O) groups is 1. The fraction of sp³-hybridized carbons (Fsp3) is 0.389. The molecule has 22 heavy (non-hydrogen) atoms. The number of hydrogen-bond acceptors (Lipinski definition) is 3. The molecule has 3 rings (SSSR count). The molecule has 0 bridgehead atoms. The minimum atomic E-state index is -0.861. The molecule has 1 fully saturated rings. The maximum atomic E-state index is 12.7. The number of fused-ring (bicyclic) bond motifs is 1. The fourth-order valence-corrected chi connectivity index (χ4v) is 2.82. The molecule has 2 aromatic rings. The first-order chi connectivity index (χ1) is 10.6. The summed E-state index contributed by atoms with van der Waals surface area (Å²) in [7, 11) is 0. The average Bonchev–Trinajstić information content (AvgIpc) is 2.54. The summed E-state index contributed by atoms with van der Waals surface area (Å²) in [5, 5.41) is 5.54. The van der Waals surface area contributed by atoms with Crippen LogP contribution < -0.4 is 10.1 Å². The highest BCUT2D eigenvalue weighted by Gasteiger charge is 2.34. The van der Waals surface area contributed by atoms with Crippen molar-refractivity contribution in [1.82, 2.24) is 10.2 Å². The van der Waals surface area contributed by atoms with E-state index in [1.807, 2.05) is 55.1 Å². The van der Waals surface area contributed by atoms with E-state index in [4.69, 9.17) is 4.74 Å². The van der Waals surface area contributed by atoms with Crippen molar-refractivity contribution in [3.8, 4) is 5.75 Å². The highest BCUT2D eigenvalue weighted by atomic mass is 16.5. The number of piperazine rings is 1. The Balaban J connectivity index is 1.78. The monoisotopic (exact) mass is 298 g/mol. The zero-order chi connectivity index (χ0) is 15.6. The fourth-order valence-electron chi connectivity index (χ4n) is 2.82. The predicted molar refractivity (Wildman–Crippen MR) is 88.1 cm³/mol. The summed E-state index contributed by atoms with van der Waals surface area (Å²) < 4.78 is 6.01. The van der Waals surface area contributed by atoms with Gasteiger partial charge in [0.2, 0.25) is 0 Å². The van der Waals surface area contributed by atoms with Crippen LogP contribution in [0.2, 0.25) is 0 Å². The smallest absolute Gasteiger partial charge is 0.266 e. The van der Waals surface area contributed by atoms with Crippen LogP contribution >= 0.6 is 0 Å². The summed E-state index contributed by atoms with van der Waals surface area (Å²) in [6.45, 7) is 6.85. The zero-order valence-electron chi connectivity index (χ0n) is 13.1. The van der Waals surface area contributed by atoms with Gasteiger partial charge in [-0.15, -0.1) is 0 Å². The second kappa shape index (κ2) is 5.97. The van der Waals surface area contributed by atoms with Crippen LogP contribution in [0, 0.1) is 0 Å². The van der Waals surface area contributed by atoms with Gasteiger partial charge in [-0.05, 0) is 36.8 Å². The molecular formula is C18H22N2O2. The Hall–Kier alpha value is -2.07. The molecule has 0 aromatic heterocycles. The van der Waals surface area contributed by atoms with Gasteiger partial charge < -0.3 is 15.0 Å². The minimum absolute atomic E-state index is 0.0437. The Kier molecular flexibility index (Phi) is 4.03. The molecule has 1 saturated heterocycles. The topological polar surface area (TPSA) is 41.6 Å². The number of hydrogen-bond donors (Lipinski definition) is 1. The van der Waals surface area contributed by atoms with Gasteiger partial charge >= 0.3 is 0 Å². The molecule has 0 unspecified atom stereocenters. The zero-order valence-corrected chi connectivity index (χ0v) is 13.1. The van der Waals surface area contributed by atoms with Crippen molar-refractivity contribution >= 4 is 16.7 Å². The molecule has 0 radical (unpaired) electrons. The molecular weight excluding hydrogens is 276 g/mol. The van der Waals surface area contributed by atoms with E-state index in [9.17, 15) is 4.79 Å². The number of nitrogens with one attached hydrogen (secondary N) is 1. The van der Waals surface area contributed by atoms with Crippen molar-refractivity contribution < 1.29 is 9.53 Å². The molecule has 1 heterocycles. The average molecular weight is 298 g/mol. The number of amides is 1. The Morgan fingerprint density at radius 1 is 1.09 bits per heavy atom. The molecule has 1 aliphatic heterocycles. The van der Waals surface area contributed by atoms with Gasteiger partial charge in [0, 0.05) is 26.2 Å². The van der Waals surface area contributed by atoms with Crippen LogP contribution in [0.5, 0.6) is 5.75 Å². The SMILES string of the molecule is CC(C)(Oc1ccc2ccccc2c1)C(=O)N1CCNCC1. The lowest BCUT2D eigenvalue weighted by atomic mass is 10.1. The standard InChI is InChI=1S/C18H22N2O2/c1-18(2,17(21)20-11-9-19-10-12-20)22-16-8-7-14-5-3-4-6-15(14)13-16/h3-8,13,19H,9-12H2,1-2H3. The molecule has 0 atom stereocenters. The van der Waals surface area contributed by atoms with E-state index < -0.39 is 5.60 Å². The molecule has 1 N–H and O–H groups in total. The van der Waals surface area contributed by atoms with Crippen LogP contribution in [0.25, 0.3) is 10.8 Å². The predicted octanol–water partition coefficient (Wildman–Crippen LogP) is 2.43. The van der Waals surface area contributed by atoms with E-state index in [0.29, 0.717) is 0 Å². The van der Waals surface area contributed by atoms with Gasteiger partial charge in [-0.25, -0.2) is 0 Å². The molecule has 1 amide bonds. The van der Waals surface area contributed by atoms with Crippen molar-refractivity contribution in [2.75, 3.05) is 26.2 Å². The number of carbonyl (C=O) groups excluding carboxylic acids is 1. The molecule has 0 saturated carbocycles. The quantitative estimate of drug-likeness (QED) is 0.946. The van der Waals surface area contributed by atoms with Crippen LogP contribution in [-0.4, -0.2) is 42.6 Å². The molecule has 4 nitrogen and oxygen atoms in total. The summed E-state index contributed by atoms with van der Waals surface area (Å²) >= 11 is 0. The van der Waals surface area contributed by atoms with E-state index in [1.165, 1.54) is 5.39 Å². The normalized spacial score (nSPS) is 15.8. The van der Waals surface area contributed by atoms with Crippen molar-refractivity contribution in [2.45, 2.75) is 19.4 Å². The lowest BCUT2D eigenvalue weighted by molar-refractivity contribution is -0.146. The Morgan fingerprint density at radius 3 is 2.50 bits per heavy atom. The van der Waals surface area contributed by atoms with E-state index >= 15 is 0 Å². The summed E-state index contributed by atoms with van der Waals surface area (Å²) in [6, 6.07) is 14.1. The van der Waals surface area contributed by atoms with Gasteiger partial charge in [0.25, 0.3) is 5.91 Å². The van der Waals surface area contributed by atoms with E-state index in [2.05, 4.69) is 11.4 Å². The summed E-state index contributed by atoms with van der Waals surface area (Å²) in [5.41, 5.74) is -0.861.